The lowest BCUT2D eigenvalue weighted by atomic mass is 10.1. The van der Waals surface area contributed by atoms with Crippen LogP contribution >= 0.6 is 34.8 Å². The maximum Gasteiger partial charge on any atom is 0.264 e. The molecule has 0 saturated heterocycles. The van der Waals surface area contributed by atoms with Crippen LogP contribution in [0.15, 0.2) is 54.6 Å². The molecule has 10 heteroatoms. The summed E-state index contributed by atoms with van der Waals surface area (Å²) in [5.74, 6) is -0.611. The van der Waals surface area contributed by atoms with Crippen molar-refractivity contribution in [3.8, 4) is 5.75 Å². The molecule has 3 aromatic rings. The molecule has 3 aromatic carbocycles. The number of carbonyl (C=O) groups excluding carboxylic acids is 3. The van der Waals surface area contributed by atoms with Crippen molar-refractivity contribution in [2.45, 2.75) is 20.4 Å². The van der Waals surface area contributed by atoms with Crippen LogP contribution in [-0.2, 0) is 11.3 Å². The topological polar surface area (TPSA) is 87.7 Å². The van der Waals surface area contributed by atoms with Gasteiger partial charge in [0.15, 0.2) is 6.73 Å². The van der Waals surface area contributed by atoms with E-state index in [0.29, 0.717) is 27.2 Å². The van der Waals surface area contributed by atoms with E-state index in [2.05, 4.69) is 10.6 Å². The lowest BCUT2D eigenvalue weighted by molar-refractivity contribution is -0.124. The third-order valence-electron chi connectivity index (χ3n) is 5.54. The van der Waals surface area contributed by atoms with Gasteiger partial charge in [0.05, 0.1) is 26.2 Å². The highest BCUT2D eigenvalue weighted by atomic mass is 35.5. The first-order chi connectivity index (χ1) is 17.1. The Bertz CT molecular complexity index is 1360. The molecule has 3 amide bonds. The van der Waals surface area contributed by atoms with Crippen LogP contribution in [-0.4, -0.2) is 24.5 Å². The Kier molecular flexibility index (Phi) is 7.73. The van der Waals surface area contributed by atoms with Crippen LogP contribution in [0.3, 0.4) is 0 Å². The van der Waals surface area contributed by atoms with Gasteiger partial charge in [0.1, 0.15) is 5.75 Å². The molecule has 0 radical (unpaired) electrons. The average molecular weight is 547 g/mol. The molecule has 186 valence electrons. The summed E-state index contributed by atoms with van der Waals surface area (Å²) in [6.45, 7) is 3.87. The SMILES string of the molecule is CC(C)C(=O)NCc1ccc(Cl)c(C(=O)Nc2ccc3c(c2)C(=O)N(c2ccc(Cl)c(Cl)c2)CO3)c1. The van der Waals surface area contributed by atoms with E-state index < -0.39 is 5.91 Å². The fourth-order valence-corrected chi connectivity index (χ4v) is 4.03. The van der Waals surface area contributed by atoms with Gasteiger partial charge in [0, 0.05) is 23.8 Å². The number of nitrogens with zero attached hydrogens (tertiary/aromatic N) is 1. The number of hydrogen-bond donors (Lipinski definition) is 2. The third-order valence-corrected chi connectivity index (χ3v) is 6.61. The second-order valence-corrected chi connectivity index (χ2v) is 9.68. The van der Waals surface area contributed by atoms with Crippen molar-refractivity contribution in [3.05, 3.63) is 86.4 Å². The van der Waals surface area contributed by atoms with E-state index in [1.165, 1.54) is 4.90 Å². The highest BCUT2D eigenvalue weighted by molar-refractivity contribution is 6.42. The number of anilines is 2. The van der Waals surface area contributed by atoms with Crippen LogP contribution in [0.1, 0.15) is 40.1 Å². The second kappa shape index (κ2) is 10.8. The minimum absolute atomic E-state index is 0.00521. The zero-order valence-electron chi connectivity index (χ0n) is 19.4. The fraction of sp³-hybridized carbons (Fsp3) is 0.192. The minimum atomic E-state index is -0.456. The van der Waals surface area contributed by atoms with Gasteiger partial charge < -0.3 is 15.4 Å². The molecule has 36 heavy (non-hydrogen) atoms. The van der Waals surface area contributed by atoms with Crippen LogP contribution in [0.4, 0.5) is 11.4 Å². The van der Waals surface area contributed by atoms with Gasteiger partial charge in [0.25, 0.3) is 11.8 Å². The molecule has 0 unspecified atom stereocenters. The fourth-order valence-electron chi connectivity index (χ4n) is 3.53. The van der Waals surface area contributed by atoms with E-state index in [1.54, 1.807) is 68.4 Å². The first-order valence-corrected chi connectivity index (χ1v) is 12.2. The van der Waals surface area contributed by atoms with Gasteiger partial charge in [-0.1, -0.05) is 54.7 Å². The predicted octanol–water partition coefficient (Wildman–Crippen LogP) is 6.17. The number of carbonyl (C=O) groups is 3. The van der Waals surface area contributed by atoms with Gasteiger partial charge in [-0.2, -0.15) is 0 Å². The number of ether oxygens (including phenoxy) is 1. The molecule has 1 aliphatic rings. The molecular formula is C26H22Cl3N3O4. The van der Waals surface area contributed by atoms with Gasteiger partial charge in [-0.15, -0.1) is 0 Å². The van der Waals surface area contributed by atoms with Crippen LogP contribution in [0.25, 0.3) is 0 Å². The van der Waals surface area contributed by atoms with E-state index in [9.17, 15) is 14.4 Å². The molecule has 0 aliphatic carbocycles. The van der Waals surface area contributed by atoms with Crippen molar-refractivity contribution in [2.24, 2.45) is 5.92 Å². The zero-order valence-corrected chi connectivity index (χ0v) is 21.7. The third kappa shape index (κ3) is 5.59. The second-order valence-electron chi connectivity index (χ2n) is 8.46. The van der Waals surface area contributed by atoms with E-state index in [0.717, 1.165) is 5.56 Å². The van der Waals surface area contributed by atoms with E-state index in [1.807, 2.05) is 0 Å². The first kappa shape index (κ1) is 25.8. The summed E-state index contributed by atoms with van der Waals surface area (Å²) in [6.07, 6.45) is 0. The molecule has 7 nitrogen and oxygen atoms in total. The largest absolute Gasteiger partial charge is 0.472 e. The Balaban J connectivity index is 1.52. The smallest absolute Gasteiger partial charge is 0.264 e. The molecule has 0 bridgehead atoms. The molecule has 1 aliphatic heterocycles. The first-order valence-electron chi connectivity index (χ1n) is 11.1. The quantitative estimate of drug-likeness (QED) is 0.387. The molecular weight excluding hydrogens is 525 g/mol. The summed E-state index contributed by atoms with van der Waals surface area (Å²) < 4.78 is 5.73. The Labute approximate surface area is 223 Å². The molecule has 0 atom stereocenters. The monoisotopic (exact) mass is 545 g/mol. The Hall–Kier alpha value is -3.26. The summed E-state index contributed by atoms with van der Waals surface area (Å²) >= 11 is 18.4. The average Bonchev–Trinajstić information content (AvgIpc) is 2.85. The summed E-state index contributed by atoms with van der Waals surface area (Å²) in [6, 6.07) is 14.6. The van der Waals surface area contributed by atoms with Crippen LogP contribution in [0.5, 0.6) is 5.75 Å². The Morgan fingerprint density at radius 1 is 0.972 bits per heavy atom. The zero-order chi connectivity index (χ0) is 26.0. The lowest BCUT2D eigenvalue weighted by Gasteiger charge is -2.29. The number of fused-ring (bicyclic) bond motifs is 1. The molecule has 0 spiro atoms. The number of amides is 3. The maximum atomic E-state index is 13.2. The van der Waals surface area contributed by atoms with Gasteiger partial charge in [-0.25, -0.2) is 0 Å². The summed E-state index contributed by atoms with van der Waals surface area (Å²) in [5, 5.41) is 6.54. The summed E-state index contributed by atoms with van der Waals surface area (Å²) in [7, 11) is 0. The van der Waals surface area contributed by atoms with Crippen molar-refractivity contribution in [3.63, 3.8) is 0 Å². The Morgan fingerprint density at radius 3 is 2.44 bits per heavy atom. The molecule has 0 saturated carbocycles. The van der Waals surface area contributed by atoms with Crippen molar-refractivity contribution in [2.75, 3.05) is 16.9 Å². The summed E-state index contributed by atoms with van der Waals surface area (Å²) in [4.78, 5) is 39.5. The van der Waals surface area contributed by atoms with Gasteiger partial charge >= 0.3 is 0 Å². The van der Waals surface area contributed by atoms with Crippen LogP contribution < -0.4 is 20.3 Å². The number of benzene rings is 3. The standard InChI is InChI=1S/C26H22Cl3N3O4/c1-14(2)24(33)30-12-15-3-6-20(27)18(9-15)25(34)31-16-4-8-23-19(10-16)26(35)32(13-36-23)17-5-7-21(28)22(29)11-17/h3-11,14H,12-13H2,1-2H3,(H,30,33)(H,31,34). The molecule has 4 rings (SSSR count). The predicted molar refractivity (Wildman–Crippen MR) is 141 cm³/mol. The minimum Gasteiger partial charge on any atom is -0.472 e. The maximum absolute atomic E-state index is 13.2. The molecule has 0 fully saturated rings. The number of nitrogens with one attached hydrogen (secondary N) is 2. The lowest BCUT2D eigenvalue weighted by Crippen LogP contribution is -2.38. The van der Waals surface area contributed by atoms with Gasteiger partial charge in [-0.05, 0) is 54.1 Å². The van der Waals surface area contributed by atoms with Crippen LogP contribution in [0, 0.1) is 5.92 Å². The normalized spacial score (nSPS) is 12.7. The molecule has 1 heterocycles. The summed E-state index contributed by atoms with van der Waals surface area (Å²) in [5.41, 5.74) is 2.17. The highest BCUT2D eigenvalue weighted by Gasteiger charge is 2.28. The number of hydrogen-bond acceptors (Lipinski definition) is 4. The van der Waals surface area contributed by atoms with Crippen molar-refractivity contribution in [1.29, 1.82) is 0 Å². The van der Waals surface area contributed by atoms with E-state index >= 15 is 0 Å². The Morgan fingerprint density at radius 2 is 1.72 bits per heavy atom. The van der Waals surface area contributed by atoms with Crippen LogP contribution in [0.2, 0.25) is 15.1 Å². The molecule has 2 N–H and O–H groups in total. The van der Waals surface area contributed by atoms with Gasteiger partial charge in [-0.3, -0.25) is 19.3 Å². The number of halogens is 3. The van der Waals surface area contributed by atoms with E-state index in [-0.39, 0.29) is 47.2 Å². The van der Waals surface area contributed by atoms with Crippen molar-refractivity contribution in [1.82, 2.24) is 5.32 Å². The van der Waals surface area contributed by atoms with Crippen molar-refractivity contribution < 1.29 is 19.1 Å². The van der Waals surface area contributed by atoms with Gasteiger partial charge in [0.2, 0.25) is 5.91 Å². The number of rotatable bonds is 6. The van der Waals surface area contributed by atoms with E-state index in [4.69, 9.17) is 39.5 Å². The van der Waals surface area contributed by atoms with Crippen molar-refractivity contribution >= 4 is 63.9 Å². The molecule has 0 aromatic heterocycles. The highest BCUT2D eigenvalue weighted by Crippen LogP contribution is 2.33.